The quantitative estimate of drug-likeness (QED) is 0.333. The molecule has 1 aromatic carbocycles. The van der Waals surface area contributed by atoms with Crippen LogP contribution in [0.5, 0.6) is 0 Å². The highest BCUT2D eigenvalue weighted by Gasteiger charge is 2.13. The number of carboxylic acid groups (broad SMARTS) is 2. The number of aliphatic hydroxyl groups is 1. The van der Waals surface area contributed by atoms with Crippen LogP contribution in [0.4, 0.5) is 0 Å². The van der Waals surface area contributed by atoms with Gasteiger partial charge in [-0.1, -0.05) is 83.6 Å². The van der Waals surface area contributed by atoms with Crippen molar-refractivity contribution in [2.24, 2.45) is 0 Å². The Morgan fingerprint density at radius 2 is 1.07 bits per heavy atom. The summed E-state index contributed by atoms with van der Waals surface area (Å²) in [6, 6.07) is 4.17. The van der Waals surface area contributed by atoms with Gasteiger partial charge < -0.3 is 15.3 Å². The van der Waals surface area contributed by atoms with E-state index >= 15 is 0 Å². The molecule has 0 aliphatic rings. The van der Waals surface area contributed by atoms with E-state index in [9.17, 15) is 9.59 Å². The van der Waals surface area contributed by atoms with Gasteiger partial charge in [-0.15, -0.1) is 0 Å². The van der Waals surface area contributed by atoms with Gasteiger partial charge in [-0.25, -0.2) is 9.59 Å². The number of carbonyl (C=O) groups is 2. The van der Waals surface area contributed by atoms with Crippen molar-refractivity contribution in [3.8, 4) is 0 Å². The lowest BCUT2D eigenvalue weighted by Gasteiger charge is -2.03. The molecule has 0 atom stereocenters. The van der Waals surface area contributed by atoms with Gasteiger partial charge in [-0.05, 0) is 31.0 Å². The van der Waals surface area contributed by atoms with Crippen LogP contribution in [0.3, 0.4) is 0 Å². The van der Waals surface area contributed by atoms with E-state index in [1.165, 1.54) is 95.8 Å². The van der Waals surface area contributed by atoms with Gasteiger partial charge >= 0.3 is 11.9 Å². The van der Waals surface area contributed by atoms with Crippen LogP contribution in [0.15, 0.2) is 18.2 Å². The zero-order chi connectivity index (χ0) is 21.2. The third-order valence-electron chi connectivity index (χ3n) is 4.81. The minimum atomic E-state index is -1.11. The maximum atomic E-state index is 10.6. The van der Waals surface area contributed by atoms with Gasteiger partial charge in [0.2, 0.25) is 0 Å². The summed E-state index contributed by atoms with van der Waals surface area (Å²) < 4.78 is 0. The molecule has 0 aliphatic heterocycles. The van der Waals surface area contributed by atoms with E-state index in [0.29, 0.717) is 6.61 Å². The molecule has 160 valence electrons. The molecule has 0 heterocycles. The number of carboxylic acids is 2. The first kappa shape index (κ1) is 26.1. The highest BCUT2D eigenvalue weighted by Crippen LogP contribution is 2.13. The number of aliphatic hydroxyl groups excluding tert-OH is 1. The Balaban J connectivity index is 0.000000525. The van der Waals surface area contributed by atoms with E-state index in [-0.39, 0.29) is 16.7 Å². The summed E-state index contributed by atoms with van der Waals surface area (Å²) >= 11 is 0. The van der Waals surface area contributed by atoms with Gasteiger partial charge in [0, 0.05) is 6.61 Å². The molecule has 0 fully saturated rings. The van der Waals surface area contributed by atoms with Crippen molar-refractivity contribution >= 4 is 11.9 Å². The van der Waals surface area contributed by atoms with Gasteiger partial charge in [-0.3, -0.25) is 0 Å². The van der Waals surface area contributed by atoms with Gasteiger partial charge in [0.25, 0.3) is 0 Å². The van der Waals surface area contributed by atoms with Crippen molar-refractivity contribution in [1.29, 1.82) is 0 Å². The highest BCUT2D eigenvalue weighted by atomic mass is 16.4. The molecule has 0 aromatic heterocycles. The first-order valence-electron chi connectivity index (χ1n) is 10.6. The molecule has 0 bridgehead atoms. The zero-order valence-electron chi connectivity index (χ0n) is 17.6. The lowest BCUT2D eigenvalue weighted by atomic mass is 10.0. The standard InChI is InChI=1S/C14H30O.C9H8O4/c1-2-3-4-5-6-7-8-9-10-11-12-13-14-15;1-5-6(8(10)11)3-2-4-7(5)9(12)13/h15H,2-14H2,1H3;2-4H,1H3,(H,10,11)(H,12,13). The number of benzene rings is 1. The summed E-state index contributed by atoms with van der Waals surface area (Å²) in [4.78, 5) is 21.2. The summed E-state index contributed by atoms with van der Waals surface area (Å²) in [6.07, 6.45) is 16.2. The molecule has 0 aliphatic carbocycles. The number of hydrogen-bond acceptors (Lipinski definition) is 3. The lowest BCUT2D eigenvalue weighted by Crippen LogP contribution is -2.06. The Bertz CT molecular complexity index is 510. The maximum Gasteiger partial charge on any atom is 0.335 e. The summed E-state index contributed by atoms with van der Waals surface area (Å²) in [5, 5.41) is 26.0. The average Bonchev–Trinajstić information content (AvgIpc) is 2.66. The SMILES string of the molecule is CCCCCCCCCCCCCCO.Cc1c(C(=O)O)cccc1C(=O)O. The van der Waals surface area contributed by atoms with Crippen molar-refractivity contribution < 1.29 is 24.9 Å². The predicted molar refractivity (Wildman–Crippen MR) is 113 cm³/mol. The van der Waals surface area contributed by atoms with Crippen molar-refractivity contribution in [3.63, 3.8) is 0 Å². The molecule has 0 amide bonds. The maximum absolute atomic E-state index is 10.6. The zero-order valence-corrected chi connectivity index (χ0v) is 17.6. The summed E-state index contributed by atoms with van der Waals surface area (Å²) in [7, 11) is 0. The first-order valence-corrected chi connectivity index (χ1v) is 10.6. The molecule has 0 saturated heterocycles. The van der Waals surface area contributed by atoms with Crippen LogP contribution in [0.1, 0.15) is 110 Å². The van der Waals surface area contributed by atoms with Crippen LogP contribution in [-0.2, 0) is 0 Å². The van der Waals surface area contributed by atoms with Crippen LogP contribution in [0.25, 0.3) is 0 Å². The fraction of sp³-hybridized carbons (Fsp3) is 0.652. The molecular formula is C23H38O5. The number of rotatable bonds is 14. The second-order valence-electron chi connectivity index (χ2n) is 7.20. The van der Waals surface area contributed by atoms with Gasteiger partial charge in [0.1, 0.15) is 0 Å². The largest absolute Gasteiger partial charge is 0.478 e. The Morgan fingerprint density at radius 3 is 1.39 bits per heavy atom. The van der Waals surface area contributed by atoms with E-state index < -0.39 is 11.9 Å². The highest BCUT2D eigenvalue weighted by molar-refractivity contribution is 5.96. The van der Waals surface area contributed by atoms with Gasteiger partial charge in [0.15, 0.2) is 0 Å². The summed E-state index contributed by atoms with van der Waals surface area (Å²) in [5.74, 6) is -2.22. The van der Waals surface area contributed by atoms with Crippen LogP contribution < -0.4 is 0 Å². The molecule has 0 saturated carbocycles. The summed E-state index contributed by atoms with van der Waals surface area (Å²) in [6.45, 7) is 4.12. The van der Waals surface area contributed by atoms with Crippen LogP contribution >= 0.6 is 0 Å². The Kier molecular flexibility index (Phi) is 16.1. The number of hydrogen-bond donors (Lipinski definition) is 3. The second-order valence-corrected chi connectivity index (χ2v) is 7.20. The van der Waals surface area contributed by atoms with Crippen molar-refractivity contribution in [1.82, 2.24) is 0 Å². The van der Waals surface area contributed by atoms with Crippen LogP contribution in [-0.4, -0.2) is 33.9 Å². The third kappa shape index (κ3) is 12.5. The van der Waals surface area contributed by atoms with E-state index in [0.717, 1.165) is 6.42 Å². The van der Waals surface area contributed by atoms with Gasteiger partial charge in [0.05, 0.1) is 11.1 Å². The topological polar surface area (TPSA) is 94.8 Å². The molecule has 5 heteroatoms. The minimum Gasteiger partial charge on any atom is -0.478 e. The first-order chi connectivity index (χ1) is 13.5. The Morgan fingerprint density at radius 1 is 0.714 bits per heavy atom. The Hall–Kier alpha value is -1.88. The molecule has 0 radical (unpaired) electrons. The molecule has 1 rings (SSSR count). The molecule has 1 aromatic rings. The van der Waals surface area contributed by atoms with Crippen molar-refractivity contribution in [2.75, 3.05) is 6.61 Å². The van der Waals surface area contributed by atoms with Crippen LogP contribution in [0, 0.1) is 6.92 Å². The third-order valence-corrected chi connectivity index (χ3v) is 4.81. The lowest BCUT2D eigenvalue weighted by molar-refractivity contribution is 0.0696. The number of aromatic carboxylic acids is 2. The van der Waals surface area contributed by atoms with Crippen molar-refractivity contribution in [2.45, 2.75) is 90.9 Å². The fourth-order valence-corrected chi connectivity index (χ4v) is 3.05. The molecule has 0 unspecified atom stereocenters. The monoisotopic (exact) mass is 394 g/mol. The second kappa shape index (κ2) is 17.2. The van der Waals surface area contributed by atoms with E-state index in [4.69, 9.17) is 15.3 Å². The van der Waals surface area contributed by atoms with E-state index in [1.807, 2.05) is 0 Å². The average molecular weight is 395 g/mol. The molecule has 0 spiro atoms. The smallest absolute Gasteiger partial charge is 0.335 e. The molecule has 28 heavy (non-hydrogen) atoms. The predicted octanol–water partition coefficient (Wildman–Crippen LogP) is 6.07. The molecule has 3 N–H and O–H groups in total. The normalized spacial score (nSPS) is 10.2. The van der Waals surface area contributed by atoms with Gasteiger partial charge in [-0.2, -0.15) is 0 Å². The molecule has 5 nitrogen and oxygen atoms in total. The fourth-order valence-electron chi connectivity index (χ4n) is 3.05. The van der Waals surface area contributed by atoms with E-state index in [1.54, 1.807) is 0 Å². The summed E-state index contributed by atoms with van der Waals surface area (Å²) in [5.41, 5.74) is 0.335. The van der Waals surface area contributed by atoms with Crippen molar-refractivity contribution in [3.05, 3.63) is 34.9 Å². The minimum absolute atomic E-state index is 0.0277. The van der Waals surface area contributed by atoms with E-state index in [2.05, 4.69) is 6.92 Å². The number of unbranched alkanes of at least 4 members (excludes halogenated alkanes) is 11. The van der Waals surface area contributed by atoms with Crippen LogP contribution in [0.2, 0.25) is 0 Å². The Labute approximate surface area is 169 Å². The molecular weight excluding hydrogens is 356 g/mol.